The summed E-state index contributed by atoms with van der Waals surface area (Å²) in [7, 11) is 0. The van der Waals surface area contributed by atoms with Gasteiger partial charge in [-0.2, -0.15) is 0 Å². The van der Waals surface area contributed by atoms with Crippen molar-refractivity contribution in [2.75, 3.05) is 0 Å². The Labute approximate surface area is 122 Å². The van der Waals surface area contributed by atoms with Crippen LogP contribution in [0.1, 0.15) is 23.2 Å². The molecule has 1 heterocycles. The van der Waals surface area contributed by atoms with Gasteiger partial charge in [-0.15, -0.1) is 6.58 Å². The van der Waals surface area contributed by atoms with Crippen molar-refractivity contribution in [2.24, 2.45) is 0 Å². The van der Waals surface area contributed by atoms with Gasteiger partial charge in [0.2, 0.25) is 0 Å². The molecule has 0 radical (unpaired) electrons. The molecule has 2 aromatic rings. The Morgan fingerprint density at radius 2 is 2.10 bits per heavy atom. The number of benzene rings is 1. The van der Waals surface area contributed by atoms with E-state index in [2.05, 4.69) is 16.9 Å². The lowest BCUT2D eigenvalue weighted by Crippen LogP contribution is -2.40. The Hall–Kier alpha value is -2.69. The lowest BCUT2D eigenvalue weighted by Gasteiger charge is -2.14. The zero-order valence-corrected chi connectivity index (χ0v) is 11.5. The van der Waals surface area contributed by atoms with Crippen LogP contribution in [-0.2, 0) is 4.79 Å². The van der Waals surface area contributed by atoms with E-state index < -0.39 is 17.9 Å². The molecule has 0 bridgehead atoms. The van der Waals surface area contributed by atoms with E-state index in [0.717, 1.165) is 5.39 Å². The second-order valence-electron chi connectivity index (χ2n) is 4.61. The molecule has 1 amide bonds. The van der Waals surface area contributed by atoms with Crippen LogP contribution < -0.4 is 5.32 Å². The van der Waals surface area contributed by atoms with Crippen molar-refractivity contribution >= 4 is 22.8 Å². The number of pyridine rings is 1. The van der Waals surface area contributed by atoms with Crippen LogP contribution in [0.2, 0.25) is 0 Å². The number of carboxylic acids is 1. The predicted molar refractivity (Wildman–Crippen MR) is 80.1 cm³/mol. The minimum atomic E-state index is -1.06. The third-order valence-corrected chi connectivity index (χ3v) is 3.14. The normalized spacial score (nSPS) is 11.8. The number of allylic oxidation sites excluding steroid dienone is 1. The second kappa shape index (κ2) is 6.65. The van der Waals surface area contributed by atoms with Crippen molar-refractivity contribution in [3.63, 3.8) is 0 Å². The average Bonchev–Trinajstić information content (AvgIpc) is 2.50. The fourth-order valence-corrected chi connectivity index (χ4v) is 2.07. The number of nitrogens with zero attached hydrogens (tertiary/aromatic N) is 1. The van der Waals surface area contributed by atoms with Gasteiger partial charge in [0.05, 0.1) is 11.1 Å². The first-order valence-corrected chi connectivity index (χ1v) is 6.62. The molecular weight excluding hydrogens is 268 g/mol. The van der Waals surface area contributed by atoms with Crippen molar-refractivity contribution in [1.29, 1.82) is 0 Å². The highest BCUT2D eigenvalue weighted by Crippen LogP contribution is 2.16. The number of carbonyl (C=O) groups excluding carboxylic acids is 1. The van der Waals surface area contributed by atoms with Crippen LogP contribution >= 0.6 is 0 Å². The SMILES string of the molecule is C=CCC[C@@H](NC(=O)c1cccc2cccnc12)C(=O)O. The lowest BCUT2D eigenvalue weighted by molar-refractivity contribution is -0.139. The third-order valence-electron chi connectivity index (χ3n) is 3.14. The van der Waals surface area contributed by atoms with Crippen LogP contribution in [0.15, 0.2) is 49.2 Å². The van der Waals surface area contributed by atoms with Gasteiger partial charge in [-0.3, -0.25) is 9.78 Å². The number of rotatable bonds is 6. The van der Waals surface area contributed by atoms with Crippen molar-refractivity contribution in [1.82, 2.24) is 10.3 Å². The standard InChI is InChI=1S/C16H16N2O3/c1-2-3-9-13(16(20)21)18-15(19)12-8-4-6-11-7-5-10-17-14(11)12/h2,4-8,10,13H,1,3,9H2,(H,18,19)(H,20,21)/t13-/m1/s1. The number of carbonyl (C=O) groups is 2. The number of hydrogen-bond acceptors (Lipinski definition) is 3. The van der Waals surface area contributed by atoms with Gasteiger partial charge in [0.15, 0.2) is 0 Å². The molecule has 0 aliphatic carbocycles. The van der Waals surface area contributed by atoms with Crippen molar-refractivity contribution < 1.29 is 14.7 Å². The molecule has 0 aliphatic heterocycles. The fourth-order valence-electron chi connectivity index (χ4n) is 2.07. The molecule has 0 unspecified atom stereocenters. The first-order chi connectivity index (χ1) is 10.1. The first-order valence-electron chi connectivity index (χ1n) is 6.62. The van der Waals surface area contributed by atoms with E-state index in [0.29, 0.717) is 23.9 Å². The fraction of sp³-hybridized carbons (Fsp3) is 0.188. The summed E-state index contributed by atoms with van der Waals surface area (Å²) in [4.78, 5) is 27.7. The van der Waals surface area contributed by atoms with E-state index in [1.165, 1.54) is 0 Å². The number of hydrogen-bond donors (Lipinski definition) is 2. The third kappa shape index (κ3) is 3.45. The molecule has 5 nitrogen and oxygen atoms in total. The van der Waals surface area contributed by atoms with Crippen LogP contribution in [0.4, 0.5) is 0 Å². The smallest absolute Gasteiger partial charge is 0.326 e. The zero-order valence-electron chi connectivity index (χ0n) is 11.5. The number of fused-ring (bicyclic) bond motifs is 1. The number of carboxylic acid groups (broad SMARTS) is 1. The minimum Gasteiger partial charge on any atom is -0.480 e. The summed E-state index contributed by atoms with van der Waals surface area (Å²) in [5.41, 5.74) is 0.934. The number of aliphatic carboxylic acids is 1. The molecule has 0 saturated carbocycles. The number of amides is 1. The Kier molecular flexibility index (Phi) is 4.66. The van der Waals surface area contributed by atoms with Gasteiger partial charge in [-0.1, -0.05) is 24.3 Å². The summed E-state index contributed by atoms with van der Waals surface area (Å²) >= 11 is 0. The molecule has 1 aromatic carbocycles. The Balaban J connectivity index is 2.25. The van der Waals surface area contributed by atoms with Gasteiger partial charge in [0.25, 0.3) is 5.91 Å². The van der Waals surface area contributed by atoms with Gasteiger partial charge < -0.3 is 10.4 Å². The van der Waals surface area contributed by atoms with E-state index in [1.807, 2.05) is 12.1 Å². The van der Waals surface area contributed by atoms with Gasteiger partial charge in [-0.25, -0.2) is 4.79 Å². The summed E-state index contributed by atoms with van der Waals surface area (Å²) in [5.74, 6) is -1.49. The molecule has 108 valence electrons. The molecule has 0 spiro atoms. The minimum absolute atomic E-state index is 0.308. The van der Waals surface area contributed by atoms with Crippen LogP contribution in [-0.4, -0.2) is 28.0 Å². The molecule has 21 heavy (non-hydrogen) atoms. The molecule has 2 N–H and O–H groups in total. The van der Waals surface area contributed by atoms with E-state index in [9.17, 15) is 9.59 Å². The van der Waals surface area contributed by atoms with Crippen molar-refractivity contribution in [2.45, 2.75) is 18.9 Å². The van der Waals surface area contributed by atoms with Crippen LogP contribution in [0.25, 0.3) is 10.9 Å². The molecule has 0 saturated heterocycles. The highest BCUT2D eigenvalue weighted by atomic mass is 16.4. The molecule has 1 atom stereocenters. The van der Waals surface area contributed by atoms with E-state index >= 15 is 0 Å². The van der Waals surface area contributed by atoms with Gasteiger partial charge in [-0.05, 0) is 25.0 Å². The topological polar surface area (TPSA) is 79.3 Å². The Bertz CT molecular complexity index is 677. The summed E-state index contributed by atoms with van der Waals surface area (Å²) in [5, 5.41) is 12.5. The summed E-state index contributed by atoms with van der Waals surface area (Å²) in [6, 6.07) is 7.94. The quantitative estimate of drug-likeness (QED) is 0.798. The van der Waals surface area contributed by atoms with Crippen molar-refractivity contribution in [3.05, 3.63) is 54.7 Å². The molecule has 2 rings (SSSR count). The second-order valence-corrected chi connectivity index (χ2v) is 4.61. The molecule has 0 aliphatic rings. The largest absolute Gasteiger partial charge is 0.480 e. The first kappa shape index (κ1) is 14.7. The van der Waals surface area contributed by atoms with E-state index in [1.54, 1.807) is 30.5 Å². The van der Waals surface area contributed by atoms with E-state index in [-0.39, 0.29) is 0 Å². The highest BCUT2D eigenvalue weighted by Gasteiger charge is 2.21. The molecule has 0 fully saturated rings. The van der Waals surface area contributed by atoms with Gasteiger partial charge in [0, 0.05) is 11.6 Å². The Morgan fingerprint density at radius 3 is 2.81 bits per heavy atom. The zero-order chi connectivity index (χ0) is 15.2. The number of aromatic nitrogens is 1. The maximum atomic E-state index is 12.3. The summed E-state index contributed by atoms with van der Waals surface area (Å²) < 4.78 is 0. The van der Waals surface area contributed by atoms with Crippen LogP contribution in [0.5, 0.6) is 0 Å². The molecule has 1 aromatic heterocycles. The predicted octanol–water partition coefficient (Wildman–Crippen LogP) is 2.38. The maximum absolute atomic E-state index is 12.3. The highest BCUT2D eigenvalue weighted by molar-refractivity contribution is 6.06. The monoisotopic (exact) mass is 284 g/mol. The number of nitrogens with one attached hydrogen (secondary N) is 1. The van der Waals surface area contributed by atoms with E-state index in [4.69, 9.17) is 5.11 Å². The van der Waals surface area contributed by atoms with Crippen molar-refractivity contribution in [3.8, 4) is 0 Å². The van der Waals surface area contributed by atoms with Gasteiger partial charge >= 0.3 is 5.97 Å². The summed E-state index contributed by atoms with van der Waals surface area (Å²) in [6.07, 6.45) is 4.06. The molecular formula is C16H16N2O3. The average molecular weight is 284 g/mol. The maximum Gasteiger partial charge on any atom is 0.326 e. The molecule has 5 heteroatoms. The lowest BCUT2D eigenvalue weighted by atomic mass is 10.1. The summed E-state index contributed by atoms with van der Waals surface area (Å²) in [6.45, 7) is 3.55. The number of para-hydroxylation sites is 1. The van der Waals surface area contributed by atoms with Crippen LogP contribution in [0, 0.1) is 0 Å². The van der Waals surface area contributed by atoms with Gasteiger partial charge in [0.1, 0.15) is 6.04 Å². The van der Waals surface area contributed by atoms with Crippen LogP contribution in [0.3, 0.4) is 0 Å². The Morgan fingerprint density at radius 1 is 1.33 bits per heavy atom.